The molecule has 0 saturated carbocycles. The van der Waals surface area contributed by atoms with Crippen molar-refractivity contribution in [2.24, 2.45) is 0 Å². The lowest BCUT2D eigenvalue weighted by Gasteiger charge is -2.34. The van der Waals surface area contributed by atoms with E-state index in [0.29, 0.717) is 66.9 Å². The molecule has 0 spiro atoms. The van der Waals surface area contributed by atoms with Gasteiger partial charge < -0.3 is 14.3 Å². The van der Waals surface area contributed by atoms with Crippen LogP contribution in [0.15, 0.2) is 27.0 Å². The van der Waals surface area contributed by atoms with Gasteiger partial charge in [-0.1, -0.05) is 16.8 Å². The SMILES string of the molecule is Cc1noc(C)c1S(=O)(=O)N(C)C1CCN(C[C@@H]2CCCN2C(=O)CN2CCC[C@H](NS(=O)(=O)C=Cc3ccc(Cl)s3)C2=O)C1. The van der Waals surface area contributed by atoms with Crippen LogP contribution >= 0.6 is 22.9 Å². The van der Waals surface area contributed by atoms with Gasteiger partial charge in [0, 0.05) is 55.6 Å². The van der Waals surface area contributed by atoms with Crippen LogP contribution in [0.3, 0.4) is 0 Å². The zero-order valence-corrected chi connectivity index (χ0v) is 28.7. The second-order valence-electron chi connectivity index (χ2n) is 11.8. The van der Waals surface area contributed by atoms with Crippen LogP contribution in [-0.4, -0.2) is 117 Å². The molecule has 3 atom stereocenters. The first-order chi connectivity index (χ1) is 21.2. The lowest BCUT2D eigenvalue weighted by atomic mass is 10.1. The van der Waals surface area contributed by atoms with Gasteiger partial charge in [0.15, 0.2) is 5.76 Å². The van der Waals surface area contributed by atoms with Gasteiger partial charge in [-0.3, -0.25) is 14.5 Å². The molecule has 248 valence electrons. The molecule has 3 saturated heterocycles. The van der Waals surface area contributed by atoms with Gasteiger partial charge in [-0.25, -0.2) is 16.8 Å². The maximum atomic E-state index is 13.4. The second kappa shape index (κ2) is 13.8. The Morgan fingerprint density at radius 1 is 1.16 bits per heavy atom. The molecule has 17 heteroatoms. The van der Waals surface area contributed by atoms with E-state index >= 15 is 0 Å². The normalized spacial score (nSPS) is 23.7. The van der Waals surface area contributed by atoms with E-state index in [1.165, 1.54) is 26.6 Å². The van der Waals surface area contributed by atoms with Crippen LogP contribution in [0.1, 0.15) is 48.4 Å². The van der Waals surface area contributed by atoms with Crippen molar-refractivity contribution in [1.29, 1.82) is 0 Å². The van der Waals surface area contributed by atoms with E-state index in [-0.39, 0.29) is 35.2 Å². The average molecular weight is 703 g/mol. The molecule has 5 rings (SSSR count). The van der Waals surface area contributed by atoms with Crippen molar-refractivity contribution >= 4 is 60.9 Å². The van der Waals surface area contributed by atoms with Crippen molar-refractivity contribution in [1.82, 2.24) is 28.9 Å². The fourth-order valence-corrected chi connectivity index (χ4v) is 10.1. The summed E-state index contributed by atoms with van der Waals surface area (Å²) in [5, 5.41) is 4.82. The fourth-order valence-electron chi connectivity index (χ4n) is 6.38. The summed E-state index contributed by atoms with van der Waals surface area (Å²) in [6.45, 7) is 5.90. The smallest absolute Gasteiger partial charge is 0.248 e. The predicted molar refractivity (Wildman–Crippen MR) is 171 cm³/mol. The van der Waals surface area contributed by atoms with Crippen LogP contribution < -0.4 is 4.72 Å². The summed E-state index contributed by atoms with van der Waals surface area (Å²) in [4.78, 5) is 32.9. The first kappa shape index (κ1) is 34.0. The highest BCUT2D eigenvalue weighted by molar-refractivity contribution is 7.92. The molecule has 13 nitrogen and oxygen atoms in total. The van der Waals surface area contributed by atoms with Crippen molar-refractivity contribution in [2.75, 3.05) is 46.3 Å². The van der Waals surface area contributed by atoms with Crippen LogP contribution in [0, 0.1) is 13.8 Å². The number of likely N-dealkylation sites (tertiary alicyclic amines) is 3. The van der Waals surface area contributed by atoms with Crippen molar-refractivity contribution in [3.05, 3.63) is 38.2 Å². The molecule has 45 heavy (non-hydrogen) atoms. The van der Waals surface area contributed by atoms with Crippen LogP contribution in [0.4, 0.5) is 0 Å². The summed E-state index contributed by atoms with van der Waals surface area (Å²) in [7, 11) is -6.08. The summed E-state index contributed by atoms with van der Waals surface area (Å²) >= 11 is 7.15. The first-order valence-corrected chi connectivity index (χ1v) is 19.1. The molecule has 2 amide bonds. The zero-order chi connectivity index (χ0) is 32.5. The minimum Gasteiger partial charge on any atom is -0.360 e. The molecular formula is C28H39ClN6O7S3. The van der Waals surface area contributed by atoms with Crippen LogP contribution in [0.2, 0.25) is 4.34 Å². The molecule has 3 aliphatic rings. The Hall–Kier alpha value is -2.34. The number of carbonyl (C=O) groups excluding carboxylic acids is 2. The summed E-state index contributed by atoms with van der Waals surface area (Å²) in [5.74, 6) is -0.314. The predicted octanol–water partition coefficient (Wildman–Crippen LogP) is 2.27. The molecule has 1 unspecified atom stereocenters. The number of rotatable bonds is 11. The van der Waals surface area contributed by atoms with Gasteiger partial charge in [-0.15, -0.1) is 11.3 Å². The quantitative estimate of drug-likeness (QED) is 0.372. The monoisotopic (exact) mass is 702 g/mol. The van der Waals surface area contributed by atoms with Crippen LogP contribution in [-0.2, 0) is 29.6 Å². The maximum absolute atomic E-state index is 13.4. The van der Waals surface area contributed by atoms with Crippen molar-refractivity contribution in [3.63, 3.8) is 0 Å². The molecule has 0 aliphatic carbocycles. The number of nitrogens with one attached hydrogen (secondary N) is 1. The second-order valence-corrected chi connectivity index (χ2v) is 17.1. The lowest BCUT2D eigenvalue weighted by Crippen LogP contribution is -2.55. The molecule has 1 N–H and O–H groups in total. The third-order valence-electron chi connectivity index (χ3n) is 8.70. The largest absolute Gasteiger partial charge is 0.360 e. The highest BCUT2D eigenvalue weighted by Gasteiger charge is 2.39. The van der Waals surface area contributed by atoms with Gasteiger partial charge in [0.25, 0.3) is 0 Å². The minimum atomic E-state index is -3.89. The van der Waals surface area contributed by atoms with Crippen molar-refractivity contribution in [2.45, 2.75) is 69.0 Å². The number of halogens is 1. The maximum Gasteiger partial charge on any atom is 0.248 e. The van der Waals surface area contributed by atoms with E-state index < -0.39 is 32.0 Å². The number of amides is 2. The standard InChI is InChI=1S/C28H39ClN6O7S3/c1-19-27(20(2)42-30-19)45(40,41)32(3)21-10-14-33(16-21)17-22-6-4-13-35(22)26(36)18-34-12-5-7-24(28(34)37)31-44(38,39)15-11-23-8-9-25(29)43-23/h8-9,11,15,21-22,24,31H,4-7,10,12-14,16-18H2,1-3H3/t21?,22-,24-/m0/s1. The number of likely N-dealkylation sites (N-methyl/N-ethyl adjacent to an activating group) is 1. The number of carbonyl (C=O) groups is 2. The number of aromatic nitrogens is 1. The molecule has 2 aromatic heterocycles. The topological polar surface area (TPSA) is 153 Å². The average Bonchev–Trinajstić information content (AvgIpc) is 3.78. The van der Waals surface area contributed by atoms with E-state index in [0.717, 1.165) is 18.2 Å². The van der Waals surface area contributed by atoms with E-state index in [1.807, 2.05) is 4.90 Å². The molecular weight excluding hydrogens is 664 g/mol. The zero-order valence-electron chi connectivity index (χ0n) is 25.5. The van der Waals surface area contributed by atoms with E-state index in [4.69, 9.17) is 16.1 Å². The van der Waals surface area contributed by atoms with Gasteiger partial charge in [0.05, 0.1) is 10.9 Å². The van der Waals surface area contributed by atoms with Crippen molar-refractivity contribution < 1.29 is 30.9 Å². The Labute approximate surface area is 273 Å². The third-order valence-corrected chi connectivity index (χ3v) is 13.2. The number of sulfonamides is 2. The molecule has 5 heterocycles. The Balaban J connectivity index is 1.14. The number of nitrogens with zero attached hydrogens (tertiary/aromatic N) is 5. The van der Waals surface area contributed by atoms with Crippen molar-refractivity contribution in [3.8, 4) is 0 Å². The van der Waals surface area contributed by atoms with E-state index in [9.17, 15) is 26.4 Å². The summed E-state index contributed by atoms with van der Waals surface area (Å²) in [6.07, 6.45) is 4.67. The molecule has 2 aromatic rings. The Morgan fingerprint density at radius 3 is 2.60 bits per heavy atom. The highest BCUT2D eigenvalue weighted by atomic mass is 35.5. The highest BCUT2D eigenvalue weighted by Crippen LogP contribution is 2.28. The number of hydrogen-bond acceptors (Lipinski definition) is 10. The number of aryl methyl sites for hydroxylation is 2. The number of hydrogen-bond donors (Lipinski definition) is 1. The van der Waals surface area contributed by atoms with Gasteiger partial charge >= 0.3 is 0 Å². The van der Waals surface area contributed by atoms with Gasteiger partial charge in [0.1, 0.15) is 16.6 Å². The Morgan fingerprint density at radius 2 is 1.91 bits per heavy atom. The van der Waals surface area contributed by atoms with Crippen LogP contribution in [0.25, 0.3) is 6.08 Å². The molecule has 3 fully saturated rings. The molecule has 0 aromatic carbocycles. The Bertz CT molecular complexity index is 1640. The summed E-state index contributed by atoms with van der Waals surface area (Å²) < 4.78 is 61.4. The number of thiophene rings is 1. The van der Waals surface area contributed by atoms with Gasteiger partial charge in [-0.2, -0.15) is 9.03 Å². The third kappa shape index (κ3) is 7.80. The fraction of sp³-hybridized carbons (Fsp3) is 0.607. The first-order valence-electron chi connectivity index (χ1n) is 14.9. The van der Waals surface area contributed by atoms with Gasteiger partial charge in [0.2, 0.25) is 31.9 Å². The molecule has 0 bridgehead atoms. The van der Waals surface area contributed by atoms with Crippen LogP contribution in [0.5, 0.6) is 0 Å². The van der Waals surface area contributed by atoms with E-state index in [1.54, 1.807) is 33.0 Å². The lowest BCUT2D eigenvalue weighted by molar-refractivity contribution is -0.143. The Kier molecular flexibility index (Phi) is 10.4. The summed E-state index contributed by atoms with van der Waals surface area (Å²) in [5.41, 5.74) is 0.335. The summed E-state index contributed by atoms with van der Waals surface area (Å²) in [6, 6.07) is 2.16. The van der Waals surface area contributed by atoms with E-state index in [2.05, 4.69) is 14.8 Å². The van der Waals surface area contributed by atoms with Gasteiger partial charge in [-0.05, 0) is 70.7 Å². The number of piperidine rings is 1. The minimum absolute atomic E-state index is 0.0502. The molecule has 0 radical (unpaired) electrons. The molecule has 3 aliphatic heterocycles.